The van der Waals surface area contributed by atoms with Gasteiger partial charge in [0.15, 0.2) is 0 Å². The Balaban J connectivity index is 2.53. The fourth-order valence-corrected chi connectivity index (χ4v) is 3.81. The van der Waals surface area contributed by atoms with E-state index in [9.17, 15) is 0 Å². The quantitative estimate of drug-likeness (QED) is 0.715. The molecule has 0 spiro atoms. The molecular formula is C9H18NOTl. The molecule has 1 saturated heterocycles. The molecule has 1 fully saturated rings. The van der Waals surface area contributed by atoms with E-state index in [1.54, 1.807) is 0 Å². The third kappa shape index (κ3) is 3.30. The zero-order valence-electron chi connectivity index (χ0n) is 8.05. The Morgan fingerprint density at radius 2 is 2.33 bits per heavy atom. The monoisotopic (exact) mass is 361 g/mol. The van der Waals surface area contributed by atoms with Gasteiger partial charge in [-0.2, -0.15) is 0 Å². The van der Waals surface area contributed by atoms with Gasteiger partial charge in [0.1, 0.15) is 0 Å². The molecule has 68 valence electrons. The Labute approximate surface area is 90.9 Å². The first-order valence-electron chi connectivity index (χ1n) is 4.68. The topological polar surface area (TPSA) is 35.2 Å². The third-order valence-corrected chi connectivity index (χ3v) is 4.52. The van der Waals surface area contributed by atoms with Crippen LogP contribution in [-0.2, 0) is 4.74 Å². The fraction of sp³-hybridized carbons (Fsp3) is 1.00. The van der Waals surface area contributed by atoms with Crippen molar-refractivity contribution in [2.75, 3.05) is 6.54 Å². The summed E-state index contributed by atoms with van der Waals surface area (Å²) in [5, 5.41) is 0. The molecule has 3 atom stereocenters. The van der Waals surface area contributed by atoms with E-state index in [1.165, 1.54) is 12.8 Å². The summed E-state index contributed by atoms with van der Waals surface area (Å²) in [6.07, 6.45) is 4.43. The van der Waals surface area contributed by atoms with Crippen LogP contribution < -0.4 is 5.73 Å². The van der Waals surface area contributed by atoms with Crippen LogP contribution in [0.5, 0.6) is 0 Å². The fourth-order valence-electron chi connectivity index (χ4n) is 1.87. The number of ether oxygens (including phenoxy) is 1. The van der Waals surface area contributed by atoms with Crippen molar-refractivity contribution in [2.45, 2.75) is 48.3 Å². The van der Waals surface area contributed by atoms with Gasteiger partial charge in [0, 0.05) is 0 Å². The molecule has 0 saturated carbocycles. The van der Waals surface area contributed by atoms with Gasteiger partial charge in [-0.3, -0.25) is 0 Å². The second kappa shape index (κ2) is 4.37. The van der Waals surface area contributed by atoms with E-state index in [1.807, 2.05) is 0 Å². The van der Waals surface area contributed by atoms with Crippen molar-refractivity contribution in [1.29, 1.82) is 0 Å². The molecule has 0 bridgehead atoms. The minimum atomic E-state index is 0.320. The standard InChI is InChI=1S/C9H18NO.Tl/c1-7-3-4-9(6-10)11-8(2)5-7;/h8-9H,3-6,10H2,1-2H3;. The van der Waals surface area contributed by atoms with Gasteiger partial charge in [0.2, 0.25) is 0 Å². The molecule has 0 aromatic carbocycles. The molecule has 0 radical (unpaired) electrons. The summed E-state index contributed by atoms with van der Waals surface area (Å²) in [5.41, 5.74) is 5.61. The van der Waals surface area contributed by atoms with Crippen LogP contribution in [0.4, 0.5) is 0 Å². The van der Waals surface area contributed by atoms with E-state index in [4.69, 9.17) is 10.5 Å². The molecule has 2 N–H and O–H groups in total. The predicted octanol–water partition coefficient (Wildman–Crippen LogP) is 1.25. The molecule has 3 heteroatoms. The second-order valence-corrected chi connectivity index (χ2v) is 9.62. The van der Waals surface area contributed by atoms with Crippen molar-refractivity contribution in [1.82, 2.24) is 0 Å². The number of nitrogens with two attached hydrogens (primary N) is 1. The van der Waals surface area contributed by atoms with E-state index in [0.29, 0.717) is 21.7 Å². The summed E-state index contributed by atoms with van der Waals surface area (Å²) in [6.45, 7) is 5.25. The Bertz CT molecular complexity index is 149. The van der Waals surface area contributed by atoms with Gasteiger partial charge < -0.3 is 0 Å². The van der Waals surface area contributed by atoms with Crippen molar-refractivity contribution in [2.24, 2.45) is 5.73 Å². The average molecular weight is 361 g/mol. The van der Waals surface area contributed by atoms with E-state index >= 15 is 0 Å². The molecule has 0 aromatic rings. The molecular weight excluding hydrogens is 342 g/mol. The normalized spacial score (nSPS) is 43.8. The first kappa shape index (κ1) is 10.9. The molecule has 2 nitrogen and oxygen atoms in total. The summed E-state index contributed by atoms with van der Waals surface area (Å²) >= 11 is 1.06. The first-order valence-corrected chi connectivity index (χ1v) is 6.92. The molecule has 0 aromatic heterocycles. The van der Waals surface area contributed by atoms with E-state index in [2.05, 4.69) is 13.8 Å². The van der Waals surface area contributed by atoms with Gasteiger partial charge >= 0.3 is 91.1 Å². The Hall–Kier alpha value is 0.842. The van der Waals surface area contributed by atoms with Crippen LogP contribution in [0.15, 0.2) is 0 Å². The van der Waals surface area contributed by atoms with Crippen LogP contribution in [-0.4, -0.2) is 44.5 Å². The van der Waals surface area contributed by atoms with Crippen LogP contribution >= 0.6 is 0 Å². The van der Waals surface area contributed by atoms with Gasteiger partial charge in [-0.15, -0.1) is 0 Å². The van der Waals surface area contributed by atoms with Crippen molar-refractivity contribution in [3.05, 3.63) is 0 Å². The molecule has 0 amide bonds. The van der Waals surface area contributed by atoms with E-state index in [0.717, 1.165) is 32.2 Å². The van der Waals surface area contributed by atoms with Gasteiger partial charge in [-0.05, 0) is 0 Å². The van der Waals surface area contributed by atoms with Crippen molar-refractivity contribution in [3.63, 3.8) is 0 Å². The predicted molar refractivity (Wildman–Crippen MR) is 51.4 cm³/mol. The van der Waals surface area contributed by atoms with Crippen molar-refractivity contribution >= 4 is 25.8 Å². The molecule has 1 aliphatic rings. The number of hydrogen-bond acceptors (Lipinski definition) is 2. The summed E-state index contributed by atoms with van der Waals surface area (Å²) in [6, 6.07) is 0. The minimum absolute atomic E-state index is 0.320. The van der Waals surface area contributed by atoms with Crippen LogP contribution in [0.1, 0.15) is 33.1 Å². The van der Waals surface area contributed by atoms with Crippen molar-refractivity contribution < 1.29 is 4.74 Å². The number of rotatable bonds is 1. The molecule has 12 heavy (non-hydrogen) atoms. The molecule has 3 unspecified atom stereocenters. The summed E-state index contributed by atoms with van der Waals surface area (Å²) in [4.78, 5) is 0. The molecule has 1 rings (SSSR count). The van der Waals surface area contributed by atoms with Crippen LogP contribution in [0.2, 0.25) is 2.97 Å². The SMILES string of the molecule is CC1C[C](C)([Tl])CCC(CN)O1. The molecule has 1 aliphatic heterocycles. The molecule has 0 aliphatic carbocycles. The molecule has 1 heterocycles. The van der Waals surface area contributed by atoms with E-state index < -0.39 is 0 Å². The Kier molecular flexibility index (Phi) is 3.98. The Morgan fingerprint density at radius 3 is 2.92 bits per heavy atom. The van der Waals surface area contributed by atoms with Crippen LogP contribution in [0, 0.1) is 0 Å². The zero-order chi connectivity index (χ0) is 9.19. The second-order valence-electron chi connectivity index (χ2n) is 4.20. The zero-order valence-corrected chi connectivity index (χ0v) is 12.5. The van der Waals surface area contributed by atoms with Gasteiger partial charge in [-0.1, -0.05) is 0 Å². The van der Waals surface area contributed by atoms with Gasteiger partial charge in [-0.25, -0.2) is 0 Å². The van der Waals surface area contributed by atoms with Gasteiger partial charge in [0.25, 0.3) is 0 Å². The van der Waals surface area contributed by atoms with Crippen LogP contribution in [0.25, 0.3) is 0 Å². The first-order chi connectivity index (χ1) is 5.53. The van der Waals surface area contributed by atoms with Crippen LogP contribution in [0.3, 0.4) is 0 Å². The maximum absolute atomic E-state index is 5.80. The van der Waals surface area contributed by atoms with Gasteiger partial charge in [0.05, 0.1) is 0 Å². The maximum atomic E-state index is 5.80. The Morgan fingerprint density at radius 1 is 1.67 bits per heavy atom. The average Bonchev–Trinajstić information content (AvgIpc) is 2.07. The summed E-state index contributed by atoms with van der Waals surface area (Å²) < 4.78 is 6.40. The van der Waals surface area contributed by atoms with Crippen molar-refractivity contribution in [3.8, 4) is 0 Å². The summed E-state index contributed by atoms with van der Waals surface area (Å²) in [7, 11) is 0. The van der Waals surface area contributed by atoms with E-state index in [-0.39, 0.29) is 0 Å². The summed E-state index contributed by atoms with van der Waals surface area (Å²) in [5.74, 6) is 0. The third-order valence-electron chi connectivity index (χ3n) is 2.48. The number of hydrogen-bond donors (Lipinski definition) is 1.